The second kappa shape index (κ2) is 4.35. The van der Waals surface area contributed by atoms with Gasteiger partial charge in [-0.2, -0.15) is 0 Å². The lowest BCUT2D eigenvalue weighted by atomic mass is 10.1. The molecule has 3 nitrogen and oxygen atoms in total. The molecule has 1 N–H and O–H groups in total. The van der Waals surface area contributed by atoms with Gasteiger partial charge in [-0.15, -0.1) is 0 Å². The normalized spacial score (nSPS) is 26.8. The number of likely N-dealkylation sites (N-methyl/N-ethyl adjacent to an activating group) is 1. The van der Waals surface area contributed by atoms with Gasteiger partial charge in [0.15, 0.2) is 0 Å². The molecule has 2 atom stereocenters. The summed E-state index contributed by atoms with van der Waals surface area (Å²) < 4.78 is 13.3. The maximum absolute atomic E-state index is 13.3. The molecule has 1 saturated heterocycles. The molecule has 18 heavy (non-hydrogen) atoms. The Kier molecular flexibility index (Phi) is 2.82. The van der Waals surface area contributed by atoms with Crippen LogP contribution in [0.5, 0.6) is 0 Å². The highest BCUT2D eigenvalue weighted by molar-refractivity contribution is 5.83. The second-order valence-electron chi connectivity index (χ2n) is 5.20. The van der Waals surface area contributed by atoms with Crippen LogP contribution in [0, 0.1) is 5.82 Å². The van der Waals surface area contributed by atoms with Crippen LogP contribution in [-0.2, 0) is 11.2 Å². The summed E-state index contributed by atoms with van der Waals surface area (Å²) in [6.45, 7) is 0.805. The highest BCUT2D eigenvalue weighted by Crippen LogP contribution is 2.32. The third-order valence-electron chi connectivity index (χ3n) is 4.02. The Morgan fingerprint density at radius 3 is 2.89 bits per heavy atom. The predicted molar refractivity (Wildman–Crippen MR) is 66.6 cm³/mol. The summed E-state index contributed by atoms with van der Waals surface area (Å²) in [5.41, 5.74) is 2.23. The first-order chi connectivity index (χ1) is 8.65. The first kappa shape index (κ1) is 11.7. The number of likely N-dealkylation sites (tertiary alicyclic amines) is 1. The Morgan fingerprint density at radius 1 is 1.33 bits per heavy atom. The molecule has 1 aliphatic heterocycles. The molecule has 3 rings (SSSR count). The van der Waals surface area contributed by atoms with Crippen LogP contribution in [0.1, 0.15) is 30.0 Å². The average molecular weight is 248 g/mol. The zero-order chi connectivity index (χ0) is 12.7. The summed E-state index contributed by atoms with van der Waals surface area (Å²) >= 11 is 0. The Bertz CT molecular complexity index is 489. The van der Waals surface area contributed by atoms with Crippen molar-refractivity contribution in [2.24, 2.45) is 0 Å². The van der Waals surface area contributed by atoms with Gasteiger partial charge in [-0.3, -0.25) is 10.1 Å². The van der Waals surface area contributed by atoms with Gasteiger partial charge < -0.3 is 4.90 Å². The molecule has 1 aromatic rings. The number of aryl methyl sites for hydroxylation is 1. The maximum Gasteiger partial charge on any atom is 0.239 e. The van der Waals surface area contributed by atoms with Gasteiger partial charge in [0.2, 0.25) is 5.91 Å². The average Bonchev–Trinajstić information content (AvgIpc) is 2.88. The van der Waals surface area contributed by atoms with E-state index in [0.29, 0.717) is 0 Å². The van der Waals surface area contributed by atoms with Gasteiger partial charge in [-0.25, -0.2) is 4.39 Å². The molecular formula is C14H17FN2O. The number of halogens is 1. The summed E-state index contributed by atoms with van der Waals surface area (Å²) in [5, 5.41) is 3.38. The minimum Gasteiger partial charge on any atom is -0.344 e. The van der Waals surface area contributed by atoms with Gasteiger partial charge in [0.05, 0.1) is 6.04 Å². The number of fused-ring (bicyclic) bond motifs is 1. The predicted octanol–water partition coefficient (Wildman–Crippen LogP) is 1.63. The summed E-state index contributed by atoms with van der Waals surface area (Å²) in [6, 6.07) is 4.98. The van der Waals surface area contributed by atoms with Crippen molar-refractivity contribution in [3.63, 3.8) is 0 Å². The van der Waals surface area contributed by atoms with Crippen LogP contribution >= 0.6 is 0 Å². The molecule has 1 heterocycles. The number of hydrogen-bond acceptors (Lipinski definition) is 2. The van der Waals surface area contributed by atoms with Crippen molar-refractivity contribution in [3.8, 4) is 0 Å². The van der Waals surface area contributed by atoms with Crippen LogP contribution in [0.4, 0.5) is 4.39 Å². The van der Waals surface area contributed by atoms with Crippen molar-refractivity contribution in [3.05, 3.63) is 35.1 Å². The molecular weight excluding hydrogens is 231 g/mol. The summed E-state index contributed by atoms with van der Waals surface area (Å²) in [4.78, 5) is 13.6. The fourth-order valence-electron chi connectivity index (χ4n) is 2.97. The van der Waals surface area contributed by atoms with Gasteiger partial charge in [0, 0.05) is 19.6 Å². The molecule has 0 aromatic heterocycles. The third kappa shape index (κ3) is 1.90. The van der Waals surface area contributed by atoms with E-state index in [4.69, 9.17) is 0 Å². The molecule has 1 aromatic carbocycles. The SMILES string of the molecule is CN1CCC(NC2CCc3ccc(F)cc32)C1=O. The van der Waals surface area contributed by atoms with Crippen molar-refractivity contribution in [1.29, 1.82) is 0 Å². The molecule has 0 saturated carbocycles. The zero-order valence-electron chi connectivity index (χ0n) is 10.4. The van der Waals surface area contributed by atoms with Crippen molar-refractivity contribution >= 4 is 5.91 Å². The summed E-state index contributed by atoms with van der Waals surface area (Å²) in [7, 11) is 1.83. The lowest BCUT2D eigenvalue weighted by molar-refractivity contribution is -0.128. The van der Waals surface area contributed by atoms with Crippen LogP contribution in [0.3, 0.4) is 0 Å². The minimum absolute atomic E-state index is 0.103. The maximum atomic E-state index is 13.3. The first-order valence-corrected chi connectivity index (χ1v) is 6.44. The van der Waals surface area contributed by atoms with Crippen LogP contribution < -0.4 is 5.32 Å². The Balaban J connectivity index is 1.77. The number of amides is 1. The van der Waals surface area contributed by atoms with Gasteiger partial charge >= 0.3 is 0 Å². The highest BCUT2D eigenvalue weighted by Gasteiger charge is 2.33. The fraction of sp³-hybridized carbons (Fsp3) is 0.500. The van der Waals surface area contributed by atoms with Crippen molar-refractivity contribution in [2.45, 2.75) is 31.3 Å². The van der Waals surface area contributed by atoms with Gasteiger partial charge in [0.25, 0.3) is 0 Å². The molecule has 96 valence electrons. The molecule has 2 aliphatic rings. The van der Waals surface area contributed by atoms with Gasteiger partial charge in [-0.1, -0.05) is 6.07 Å². The lowest BCUT2D eigenvalue weighted by Crippen LogP contribution is -2.38. The number of hydrogen-bond donors (Lipinski definition) is 1. The number of carbonyl (C=O) groups excluding carboxylic acids is 1. The quantitative estimate of drug-likeness (QED) is 0.863. The Hall–Kier alpha value is -1.42. The first-order valence-electron chi connectivity index (χ1n) is 6.44. The molecule has 0 spiro atoms. The van der Waals surface area contributed by atoms with Crippen molar-refractivity contribution in [1.82, 2.24) is 10.2 Å². The Morgan fingerprint density at radius 2 is 2.17 bits per heavy atom. The van der Waals surface area contributed by atoms with E-state index in [1.807, 2.05) is 13.1 Å². The molecule has 1 aliphatic carbocycles. The van der Waals surface area contributed by atoms with Gasteiger partial charge in [0.1, 0.15) is 5.82 Å². The fourth-order valence-corrected chi connectivity index (χ4v) is 2.97. The van der Waals surface area contributed by atoms with Crippen molar-refractivity contribution in [2.75, 3.05) is 13.6 Å². The number of nitrogens with one attached hydrogen (secondary N) is 1. The Labute approximate surface area is 106 Å². The number of nitrogens with zero attached hydrogens (tertiary/aromatic N) is 1. The molecule has 1 amide bonds. The monoisotopic (exact) mass is 248 g/mol. The minimum atomic E-state index is -0.197. The number of carbonyl (C=O) groups is 1. The summed E-state index contributed by atoms with van der Waals surface area (Å²) in [6.07, 6.45) is 2.76. The van der Waals surface area contributed by atoms with E-state index in [2.05, 4.69) is 5.32 Å². The molecule has 1 fully saturated rings. The van der Waals surface area contributed by atoms with E-state index in [1.54, 1.807) is 11.0 Å². The number of benzene rings is 1. The lowest BCUT2D eigenvalue weighted by Gasteiger charge is -2.18. The van der Waals surface area contributed by atoms with E-state index in [0.717, 1.165) is 31.4 Å². The smallest absolute Gasteiger partial charge is 0.239 e. The van der Waals surface area contributed by atoms with Crippen LogP contribution in [0.2, 0.25) is 0 Å². The van der Waals surface area contributed by atoms with Crippen LogP contribution in [-0.4, -0.2) is 30.4 Å². The number of rotatable bonds is 2. The second-order valence-corrected chi connectivity index (χ2v) is 5.20. The van der Waals surface area contributed by atoms with E-state index in [-0.39, 0.29) is 23.8 Å². The highest BCUT2D eigenvalue weighted by atomic mass is 19.1. The zero-order valence-corrected chi connectivity index (χ0v) is 10.4. The van der Waals surface area contributed by atoms with E-state index in [9.17, 15) is 9.18 Å². The van der Waals surface area contributed by atoms with Crippen LogP contribution in [0.25, 0.3) is 0 Å². The van der Waals surface area contributed by atoms with Crippen LogP contribution in [0.15, 0.2) is 18.2 Å². The largest absolute Gasteiger partial charge is 0.344 e. The molecule has 0 radical (unpaired) electrons. The molecule has 0 bridgehead atoms. The topological polar surface area (TPSA) is 32.3 Å². The van der Waals surface area contributed by atoms with Gasteiger partial charge in [-0.05, 0) is 42.5 Å². The van der Waals surface area contributed by atoms with E-state index < -0.39 is 0 Å². The summed E-state index contributed by atoms with van der Waals surface area (Å²) in [5.74, 6) is -0.0443. The molecule has 4 heteroatoms. The standard InChI is InChI=1S/C14H17FN2O/c1-17-7-6-13(14(17)18)16-12-5-3-9-2-4-10(15)8-11(9)12/h2,4,8,12-13,16H,3,5-7H2,1H3. The van der Waals surface area contributed by atoms with E-state index >= 15 is 0 Å². The van der Waals surface area contributed by atoms with E-state index in [1.165, 1.54) is 11.6 Å². The van der Waals surface area contributed by atoms with Crippen molar-refractivity contribution < 1.29 is 9.18 Å². The third-order valence-corrected chi connectivity index (χ3v) is 4.02. The molecule has 2 unspecified atom stereocenters.